The zero-order chi connectivity index (χ0) is 27.8. The van der Waals surface area contributed by atoms with E-state index in [1.807, 2.05) is 86.2 Å². The summed E-state index contributed by atoms with van der Waals surface area (Å²) in [5, 5.41) is 0. The fraction of sp³-hybridized carbons (Fsp3) is 0.207. The molecule has 0 saturated carbocycles. The van der Waals surface area contributed by atoms with Crippen LogP contribution < -0.4 is 4.90 Å². The van der Waals surface area contributed by atoms with E-state index >= 15 is 0 Å². The number of hydrogen-bond donors (Lipinski definition) is 0. The summed E-state index contributed by atoms with van der Waals surface area (Å²) in [7, 11) is 7.65. The number of halogens is 6. The van der Waals surface area contributed by atoms with Crippen molar-refractivity contribution in [2.75, 3.05) is 33.1 Å². The molecule has 0 N–H and O–H groups in total. The van der Waals surface area contributed by atoms with Crippen molar-refractivity contribution < 1.29 is 30.9 Å². The van der Waals surface area contributed by atoms with Gasteiger partial charge in [-0.05, 0) is 0 Å². The molecule has 0 spiro atoms. The molecule has 2 nitrogen and oxygen atoms in total. The summed E-state index contributed by atoms with van der Waals surface area (Å²) in [4.78, 5) is 1.95. The van der Waals surface area contributed by atoms with E-state index in [0.717, 1.165) is 43.6 Å². The minimum absolute atomic E-state index is 0.132. The number of hydrogen-bond acceptors (Lipinski definition) is 1. The van der Waals surface area contributed by atoms with Gasteiger partial charge in [0.05, 0.1) is 0 Å². The molecule has 1 aliphatic carbocycles. The third-order valence-electron chi connectivity index (χ3n) is 6.05. The summed E-state index contributed by atoms with van der Waals surface area (Å²) in [6, 6.07) is 9.44. The van der Waals surface area contributed by atoms with Gasteiger partial charge >= 0.3 is 224 Å². The number of nitrogens with zero attached hydrogens (tertiary/aromatic N) is 2. The van der Waals surface area contributed by atoms with Crippen LogP contribution >= 0.6 is 0 Å². The van der Waals surface area contributed by atoms with Gasteiger partial charge in [-0.2, -0.15) is 0 Å². The van der Waals surface area contributed by atoms with Gasteiger partial charge in [0, 0.05) is 0 Å². The summed E-state index contributed by atoms with van der Waals surface area (Å²) in [5.41, 5.74) is 1.19. The van der Waals surface area contributed by atoms with Crippen molar-refractivity contribution in [3.8, 4) is 0 Å². The van der Waals surface area contributed by atoms with E-state index in [1.165, 1.54) is 0 Å². The van der Waals surface area contributed by atoms with Gasteiger partial charge in [-0.15, -0.1) is 0 Å². The number of anilines is 1. The molecule has 0 atom stereocenters. The summed E-state index contributed by atoms with van der Waals surface area (Å²) in [5.74, 6) is 0. The Morgan fingerprint density at radius 3 is 1.74 bits per heavy atom. The summed E-state index contributed by atoms with van der Waals surface area (Å²) < 4.78 is 85.1. The van der Waals surface area contributed by atoms with Crippen LogP contribution in [0.5, 0.6) is 0 Å². The number of allylic oxidation sites excluding steroid dienone is 9. The fourth-order valence-corrected chi connectivity index (χ4v) is 6.26. The minimum atomic E-state index is -4.92. The van der Waals surface area contributed by atoms with Crippen LogP contribution in [0.4, 0.5) is 32.0 Å². The maximum atomic E-state index is 13.6. The van der Waals surface area contributed by atoms with Crippen molar-refractivity contribution in [1.29, 1.82) is 0 Å². The Hall–Kier alpha value is -3.29. The molecule has 2 aromatic rings. The van der Waals surface area contributed by atoms with E-state index < -0.39 is 23.5 Å². The predicted molar refractivity (Wildman–Crippen MR) is 141 cm³/mol. The van der Waals surface area contributed by atoms with Crippen molar-refractivity contribution in [1.82, 2.24) is 0 Å². The molecule has 1 aliphatic heterocycles. The molecule has 198 valence electrons. The summed E-state index contributed by atoms with van der Waals surface area (Å²) >= 11 is -0.239. The number of alkyl halides is 6. The Labute approximate surface area is 223 Å². The fourth-order valence-electron chi connectivity index (χ4n) is 3.92. The number of rotatable bonds is 3. The Kier molecular flexibility index (Phi) is 7.64. The van der Waals surface area contributed by atoms with Crippen molar-refractivity contribution in [2.24, 2.45) is 0 Å². The third kappa shape index (κ3) is 6.22. The van der Waals surface area contributed by atoms with Crippen LogP contribution in [-0.2, 0) is 12.4 Å². The topological polar surface area (TPSA) is 6.25 Å². The average molecular weight is 594 g/mol. The van der Waals surface area contributed by atoms with Gasteiger partial charge in [0.2, 0.25) is 0 Å². The molecule has 1 heterocycles. The van der Waals surface area contributed by atoms with Crippen LogP contribution in [0.25, 0.3) is 10.0 Å². The molecule has 0 amide bonds. The second-order valence-corrected chi connectivity index (χ2v) is 11.5. The SMILES string of the molecule is CN(C)c1ccc(C2=CC(c3cc(C(F)(F)F)cc(C(F)(F)F)c3)=CC(=C3C=CC(=[N+](C)C)C=C3)[Se]2)cc1. The molecule has 0 aromatic heterocycles. The first-order chi connectivity index (χ1) is 17.7. The third-order valence-corrected chi connectivity index (χ3v) is 8.46. The molecular weight excluding hydrogens is 569 g/mol. The standard InChI is InChI=1S/C29H25F6N2Se/c1-36(2)24-9-5-18(6-10-24)26-15-21(16-27(38-26)19-7-11-25(12-8-19)37(3)4)20-13-22(28(30,31)32)17-23(14-20)29(33,34)35/h5-17H,1-4H3/q+1. The normalized spacial score (nSPS) is 16.0. The first-order valence-electron chi connectivity index (χ1n) is 11.6. The maximum absolute atomic E-state index is 13.6. The van der Waals surface area contributed by atoms with Crippen LogP contribution in [0.1, 0.15) is 22.3 Å². The average Bonchev–Trinajstić information content (AvgIpc) is 2.87. The van der Waals surface area contributed by atoms with Crippen LogP contribution in [0.2, 0.25) is 0 Å². The zero-order valence-corrected chi connectivity index (χ0v) is 22.8. The van der Waals surface area contributed by atoms with E-state index in [4.69, 9.17) is 0 Å². The second-order valence-electron chi connectivity index (χ2n) is 9.25. The summed E-state index contributed by atoms with van der Waals surface area (Å²) in [6.45, 7) is 0. The summed E-state index contributed by atoms with van der Waals surface area (Å²) in [6.07, 6.45) is 1.29. The van der Waals surface area contributed by atoms with Crippen LogP contribution in [0.3, 0.4) is 0 Å². The van der Waals surface area contributed by atoms with Crippen LogP contribution in [-0.4, -0.2) is 53.4 Å². The van der Waals surface area contributed by atoms with E-state index in [0.29, 0.717) is 5.57 Å². The molecule has 0 fully saturated rings. The second kappa shape index (κ2) is 10.5. The Morgan fingerprint density at radius 1 is 0.711 bits per heavy atom. The molecule has 0 bridgehead atoms. The van der Waals surface area contributed by atoms with Crippen molar-refractivity contribution in [3.63, 3.8) is 0 Å². The number of benzene rings is 2. The van der Waals surface area contributed by atoms with E-state index in [-0.39, 0.29) is 26.6 Å². The van der Waals surface area contributed by atoms with Crippen molar-refractivity contribution >= 4 is 36.4 Å². The molecule has 9 heteroatoms. The molecule has 38 heavy (non-hydrogen) atoms. The Balaban J connectivity index is 1.90. The first-order valence-corrected chi connectivity index (χ1v) is 13.3. The van der Waals surface area contributed by atoms with Gasteiger partial charge in [0.1, 0.15) is 0 Å². The monoisotopic (exact) mass is 595 g/mol. The molecule has 0 saturated heterocycles. The molecule has 0 radical (unpaired) electrons. The molecular formula is C29H25F6N2Se+. The molecule has 4 rings (SSSR count). The van der Waals surface area contributed by atoms with E-state index in [9.17, 15) is 26.3 Å². The van der Waals surface area contributed by atoms with Gasteiger partial charge in [-0.1, -0.05) is 0 Å². The molecule has 2 aromatic carbocycles. The van der Waals surface area contributed by atoms with Gasteiger partial charge < -0.3 is 0 Å². The van der Waals surface area contributed by atoms with Gasteiger partial charge in [0.15, 0.2) is 0 Å². The van der Waals surface area contributed by atoms with Gasteiger partial charge in [0.25, 0.3) is 0 Å². The van der Waals surface area contributed by atoms with Crippen molar-refractivity contribution in [2.45, 2.75) is 12.4 Å². The Morgan fingerprint density at radius 2 is 1.26 bits per heavy atom. The molecule has 0 unspecified atom stereocenters. The Bertz CT molecular complexity index is 1380. The van der Waals surface area contributed by atoms with Gasteiger partial charge in [-0.3, -0.25) is 0 Å². The molecule has 2 aliphatic rings. The van der Waals surface area contributed by atoms with Crippen LogP contribution in [0, 0.1) is 0 Å². The van der Waals surface area contributed by atoms with Gasteiger partial charge in [-0.25, -0.2) is 0 Å². The van der Waals surface area contributed by atoms with Crippen LogP contribution in [0.15, 0.2) is 89.0 Å². The van der Waals surface area contributed by atoms with Crippen molar-refractivity contribution in [3.05, 3.63) is 111 Å². The predicted octanol–water partition coefficient (Wildman–Crippen LogP) is 7.03. The zero-order valence-electron chi connectivity index (χ0n) is 21.1. The van der Waals surface area contributed by atoms with E-state index in [2.05, 4.69) is 0 Å². The van der Waals surface area contributed by atoms with E-state index in [1.54, 1.807) is 12.2 Å². The first kappa shape index (κ1) is 27.7. The quantitative estimate of drug-likeness (QED) is 0.210.